The average Bonchev–Trinajstić information content (AvgIpc) is 2.65. The Hall–Kier alpha value is -0.610. The Morgan fingerprint density at radius 1 is 1.56 bits per heavy atom. The molecular weight excluding hydrogens is 204 g/mol. The summed E-state index contributed by atoms with van der Waals surface area (Å²) in [5.74, 6) is -0.00558. The number of carboxylic acids is 1. The summed E-state index contributed by atoms with van der Waals surface area (Å²) in [6, 6.07) is 0. The van der Waals surface area contributed by atoms with Gasteiger partial charge in [-0.05, 0) is 32.4 Å². The fraction of sp³-hybridized carbons (Fsp3) is 0.917. The van der Waals surface area contributed by atoms with Crippen molar-refractivity contribution in [3.8, 4) is 0 Å². The van der Waals surface area contributed by atoms with Crippen LogP contribution in [0.15, 0.2) is 0 Å². The second-order valence-electron chi connectivity index (χ2n) is 4.97. The zero-order chi connectivity index (χ0) is 12.2. The van der Waals surface area contributed by atoms with Gasteiger partial charge < -0.3 is 15.3 Å². The lowest BCUT2D eigenvalue weighted by Crippen LogP contribution is -2.56. The van der Waals surface area contributed by atoms with Gasteiger partial charge in [0, 0.05) is 13.1 Å². The molecule has 2 N–H and O–H groups in total. The second kappa shape index (κ2) is 5.64. The van der Waals surface area contributed by atoms with E-state index in [1.165, 1.54) is 12.8 Å². The molecule has 2 unspecified atom stereocenters. The molecule has 94 valence electrons. The van der Waals surface area contributed by atoms with E-state index in [1.807, 2.05) is 6.92 Å². The van der Waals surface area contributed by atoms with Crippen LogP contribution < -0.4 is 5.32 Å². The highest BCUT2D eigenvalue weighted by Gasteiger charge is 2.36. The monoisotopic (exact) mass is 228 g/mol. The van der Waals surface area contributed by atoms with Crippen molar-refractivity contribution in [3.63, 3.8) is 0 Å². The molecule has 0 saturated carbocycles. The Labute approximate surface area is 98.0 Å². The fourth-order valence-electron chi connectivity index (χ4n) is 2.43. The predicted molar refractivity (Wildman–Crippen MR) is 64.6 cm³/mol. The molecule has 1 heterocycles. The summed E-state index contributed by atoms with van der Waals surface area (Å²) in [7, 11) is 0. The minimum atomic E-state index is -0.808. The molecule has 1 fully saturated rings. The van der Waals surface area contributed by atoms with Crippen molar-refractivity contribution >= 4 is 5.97 Å². The Balaban J connectivity index is 2.53. The first-order valence-electron chi connectivity index (χ1n) is 6.22. The van der Waals surface area contributed by atoms with Gasteiger partial charge in [-0.25, -0.2) is 0 Å². The van der Waals surface area contributed by atoms with Crippen LogP contribution in [0.25, 0.3) is 0 Å². The first-order valence-corrected chi connectivity index (χ1v) is 6.22. The first kappa shape index (κ1) is 13.5. The van der Waals surface area contributed by atoms with Crippen molar-refractivity contribution in [1.29, 1.82) is 0 Å². The molecular formula is C12H24N2O2. The lowest BCUT2D eigenvalue weighted by molar-refractivity contribution is -0.144. The molecule has 1 rings (SSSR count). The average molecular weight is 228 g/mol. The van der Waals surface area contributed by atoms with E-state index in [9.17, 15) is 9.90 Å². The topological polar surface area (TPSA) is 52.6 Å². The Kier molecular flexibility index (Phi) is 4.74. The third-order valence-electron chi connectivity index (χ3n) is 3.53. The summed E-state index contributed by atoms with van der Waals surface area (Å²) in [6.07, 6.45) is 2.40. The van der Waals surface area contributed by atoms with E-state index in [1.54, 1.807) is 6.92 Å². The predicted octanol–water partition coefficient (Wildman–Crippen LogP) is 1.17. The quantitative estimate of drug-likeness (QED) is 0.716. The number of nitrogens with one attached hydrogen (secondary N) is 1. The number of carboxylic acid groups (broad SMARTS) is 1. The van der Waals surface area contributed by atoms with Gasteiger partial charge in [0.15, 0.2) is 0 Å². The molecule has 0 aromatic heterocycles. The van der Waals surface area contributed by atoms with Crippen LogP contribution in [0.2, 0.25) is 0 Å². The van der Waals surface area contributed by atoms with Crippen LogP contribution >= 0.6 is 0 Å². The van der Waals surface area contributed by atoms with Crippen LogP contribution in [0.3, 0.4) is 0 Å². The van der Waals surface area contributed by atoms with Crippen molar-refractivity contribution in [2.75, 3.05) is 26.2 Å². The molecule has 4 nitrogen and oxygen atoms in total. The third-order valence-corrected chi connectivity index (χ3v) is 3.53. The summed E-state index contributed by atoms with van der Waals surface area (Å²) in [5, 5.41) is 12.3. The molecule has 2 atom stereocenters. The highest BCUT2D eigenvalue weighted by molar-refractivity contribution is 5.78. The van der Waals surface area contributed by atoms with Gasteiger partial charge in [-0.3, -0.25) is 4.79 Å². The SMILES string of the molecule is CCNC(C)(CN1CCC(CC)C1)C(=O)O. The number of likely N-dealkylation sites (N-methyl/N-ethyl adjacent to an activating group) is 1. The van der Waals surface area contributed by atoms with E-state index in [2.05, 4.69) is 17.1 Å². The fourth-order valence-corrected chi connectivity index (χ4v) is 2.43. The van der Waals surface area contributed by atoms with E-state index >= 15 is 0 Å². The van der Waals surface area contributed by atoms with Gasteiger partial charge in [0.05, 0.1) is 0 Å². The molecule has 16 heavy (non-hydrogen) atoms. The Morgan fingerprint density at radius 2 is 2.25 bits per heavy atom. The van der Waals surface area contributed by atoms with Crippen LogP contribution in [0.1, 0.15) is 33.6 Å². The van der Waals surface area contributed by atoms with Crippen molar-refractivity contribution in [1.82, 2.24) is 10.2 Å². The molecule has 0 aliphatic carbocycles. The van der Waals surface area contributed by atoms with Gasteiger partial charge >= 0.3 is 5.97 Å². The van der Waals surface area contributed by atoms with Crippen molar-refractivity contribution < 1.29 is 9.90 Å². The van der Waals surface area contributed by atoms with E-state index in [-0.39, 0.29) is 0 Å². The smallest absolute Gasteiger partial charge is 0.324 e. The van der Waals surface area contributed by atoms with E-state index in [4.69, 9.17) is 0 Å². The third kappa shape index (κ3) is 3.19. The molecule has 4 heteroatoms. The minimum absolute atomic E-state index is 0.604. The summed E-state index contributed by atoms with van der Waals surface area (Å²) >= 11 is 0. The Bertz CT molecular complexity index is 245. The lowest BCUT2D eigenvalue weighted by Gasteiger charge is -2.30. The molecule has 1 saturated heterocycles. The number of hydrogen-bond donors (Lipinski definition) is 2. The number of carbonyl (C=O) groups is 1. The number of aliphatic carboxylic acids is 1. The van der Waals surface area contributed by atoms with Gasteiger partial charge in [0.2, 0.25) is 0 Å². The Morgan fingerprint density at radius 3 is 2.69 bits per heavy atom. The van der Waals surface area contributed by atoms with Gasteiger partial charge in [-0.1, -0.05) is 20.3 Å². The van der Waals surface area contributed by atoms with Gasteiger partial charge in [-0.15, -0.1) is 0 Å². The summed E-state index contributed by atoms with van der Waals surface area (Å²) in [4.78, 5) is 13.5. The van der Waals surface area contributed by atoms with E-state index in [0.29, 0.717) is 13.1 Å². The number of likely N-dealkylation sites (tertiary alicyclic amines) is 1. The van der Waals surface area contributed by atoms with Gasteiger partial charge in [0.25, 0.3) is 0 Å². The zero-order valence-corrected chi connectivity index (χ0v) is 10.6. The van der Waals surface area contributed by atoms with Crippen LogP contribution in [-0.4, -0.2) is 47.7 Å². The highest BCUT2D eigenvalue weighted by atomic mass is 16.4. The molecule has 0 spiro atoms. The largest absolute Gasteiger partial charge is 0.480 e. The van der Waals surface area contributed by atoms with Gasteiger partial charge in [0.1, 0.15) is 5.54 Å². The molecule has 0 bridgehead atoms. The van der Waals surface area contributed by atoms with E-state index < -0.39 is 11.5 Å². The normalized spacial score (nSPS) is 25.6. The van der Waals surface area contributed by atoms with E-state index in [0.717, 1.165) is 19.0 Å². The standard InChI is InChI=1S/C12H24N2O2/c1-4-10-6-7-14(8-10)9-12(3,11(15)16)13-5-2/h10,13H,4-9H2,1-3H3,(H,15,16). The minimum Gasteiger partial charge on any atom is -0.480 e. The molecule has 1 aliphatic rings. The summed E-state index contributed by atoms with van der Waals surface area (Å²) in [5.41, 5.74) is -0.808. The maximum Gasteiger partial charge on any atom is 0.324 e. The van der Waals surface area contributed by atoms with Crippen LogP contribution in [0, 0.1) is 5.92 Å². The zero-order valence-electron chi connectivity index (χ0n) is 10.6. The maximum atomic E-state index is 11.3. The molecule has 0 amide bonds. The second-order valence-corrected chi connectivity index (χ2v) is 4.97. The maximum absolute atomic E-state index is 11.3. The van der Waals surface area contributed by atoms with Crippen molar-refractivity contribution in [2.24, 2.45) is 5.92 Å². The first-order chi connectivity index (χ1) is 7.51. The number of rotatable bonds is 6. The molecule has 0 radical (unpaired) electrons. The van der Waals surface area contributed by atoms with Crippen LogP contribution in [0.5, 0.6) is 0 Å². The van der Waals surface area contributed by atoms with Crippen LogP contribution in [-0.2, 0) is 4.79 Å². The highest BCUT2D eigenvalue weighted by Crippen LogP contribution is 2.21. The summed E-state index contributed by atoms with van der Waals surface area (Å²) in [6.45, 7) is 9.30. The number of hydrogen-bond acceptors (Lipinski definition) is 3. The lowest BCUT2D eigenvalue weighted by atomic mass is 10.0. The van der Waals surface area contributed by atoms with Crippen LogP contribution in [0.4, 0.5) is 0 Å². The van der Waals surface area contributed by atoms with Crippen molar-refractivity contribution in [3.05, 3.63) is 0 Å². The van der Waals surface area contributed by atoms with Crippen molar-refractivity contribution in [2.45, 2.75) is 39.2 Å². The summed E-state index contributed by atoms with van der Waals surface area (Å²) < 4.78 is 0. The number of nitrogens with zero attached hydrogens (tertiary/aromatic N) is 1. The molecule has 0 aromatic rings. The van der Waals surface area contributed by atoms with Gasteiger partial charge in [-0.2, -0.15) is 0 Å². The molecule has 1 aliphatic heterocycles. The molecule has 0 aromatic carbocycles.